The molecule has 0 saturated carbocycles. The molecule has 0 unspecified atom stereocenters. The maximum Gasteiger partial charge on any atom is 0.129 e. The minimum Gasteiger partial charge on any atom is -0.309 e. The van der Waals surface area contributed by atoms with Crippen LogP contribution in [0.1, 0.15) is 35.6 Å². The molecule has 1 heterocycles. The summed E-state index contributed by atoms with van der Waals surface area (Å²) < 4.78 is 15.5. The zero-order chi connectivity index (χ0) is 14.5. The first-order valence-electron chi connectivity index (χ1n) is 7.07. The van der Waals surface area contributed by atoms with Gasteiger partial charge in [-0.3, -0.25) is 4.68 Å². The second-order valence-electron chi connectivity index (χ2n) is 5.26. The SMILES string of the molecule is CCCn1cc(CNCc2cc(C)c(F)c(C)c2)cn1. The first kappa shape index (κ1) is 14.7. The molecule has 0 fully saturated rings. The maximum absolute atomic E-state index is 13.5. The van der Waals surface area contributed by atoms with Crippen LogP contribution in [0.2, 0.25) is 0 Å². The van der Waals surface area contributed by atoms with Crippen LogP contribution < -0.4 is 5.32 Å². The van der Waals surface area contributed by atoms with Crippen molar-refractivity contribution in [2.24, 2.45) is 0 Å². The summed E-state index contributed by atoms with van der Waals surface area (Å²) in [6.07, 6.45) is 5.05. The number of nitrogens with one attached hydrogen (secondary N) is 1. The highest BCUT2D eigenvalue weighted by Crippen LogP contribution is 2.14. The number of halogens is 1. The van der Waals surface area contributed by atoms with E-state index in [0.717, 1.165) is 31.6 Å². The van der Waals surface area contributed by atoms with Crippen molar-refractivity contribution in [2.75, 3.05) is 0 Å². The van der Waals surface area contributed by atoms with Crippen LogP contribution in [0.25, 0.3) is 0 Å². The molecule has 2 aromatic rings. The van der Waals surface area contributed by atoms with Gasteiger partial charge in [-0.1, -0.05) is 19.1 Å². The molecule has 4 heteroatoms. The van der Waals surface area contributed by atoms with E-state index in [2.05, 4.69) is 23.5 Å². The Balaban J connectivity index is 1.89. The predicted octanol–water partition coefficient (Wildman–Crippen LogP) is 3.34. The molecule has 0 atom stereocenters. The topological polar surface area (TPSA) is 29.9 Å². The lowest BCUT2D eigenvalue weighted by Crippen LogP contribution is -2.12. The minimum atomic E-state index is -0.102. The summed E-state index contributed by atoms with van der Waals surface area (Å²) >= 11 is 0. The van der Waals surface area contributed by atoms with Crippen molar-refractivity contribution < 1.29 is 4.39 Å². The van der Waals surface area contributed by atoms with Crippen molar-refractivity contribution in [3.05, 3.63) is 52.6 Å². The first-order valence-corrected chi connectivity index (χ1v) is 7.07. The molecule has 0 aliphatic heterocycles. The minimum absolute atomic E-state index is 0.102. The number of aromatic nitrogens is 2. The molecule has 0 radical (unpaired) electrons. The van der Waals surface area contributed by atoms with Gasteiger partial charge in [0.15, 0.2) is 0 Å². The third kappa shape index (κ3) is 3.67. The van der Waals surface area contributed by atoms with E-state index >= 15 is 0 Å². The molecule has 0 amide bonds. The zero-order valence-electron chi connectivity index (χ0n) is 12.4. The Hall–Kier alpha value is -1.68. The molecule has 1 N–H and O–H groups in total. The van der Waals surface area contributed by atoms with Crippen molar-refractivity contribution in [1.29, 1.82) is 0 Å². The summed E-state index contributed by atoms with van der Waals surface area (Å²) in [4.78, 5) is 0. The Bertz CT molecular complexity index is 552. The number of nitrogens with zero attached hydrogens (tertiary/aromatic N) is 2. The van der Waals surface area contributed by atoms with Gasteiger partial charge in [-0.25, -0.2) is 4.39 Å². The van der Waals surface area contributed by atoms with Crippen molar-refractivity contribution in [3.63, 3.8) is 0 Å². The fourth-order valence-corrected chi connectivity index (χ4v) is 2.34. The molecule has 1 aromatic heterocycles. The fourth-order valence-electron chi connectivity index (χ4n) is 2.34. The van der Waals surface area contributed by atoms with Crippen LogP contribution in [-0.2, 0) is 19.6 Å². The molecule has 0 bridgehead atoms. The molecular formula is C16H22FN3. The highest BCUT2D eigenvalue weighted by atomic mass is 19.1. The van der Waals surface area contributed by atoms with Crippen molar-refractivity contribution in [3.8, 4) is 0 Å². The lowest BCUT2D eigenvalue weighted by molar-refractivity contribution is 0.600. The molecule has 2 rings (SSSR count). The van der Waals surface area contributed by atoms with Crippen LogP contribution >= 0.6 is 0 Å². The molecule has 0 aliphatic rings. The van der Waals surface area contributed by atoms with Gasteiger partial charge in [0, 0.05) is 31.4 Å². The summed E-state index contributed by atoms with van der Waals surface area (Å²) in [7, 11) is 0. The van der Waals surface area contributed by atoms with E-state index in [4.69, 9.17) is 0 Å². The van der Waals surface area contributed by atoms with Crippen molar-refractivity contribution in [2.45, 2.75) is 46.8 Å². The second kappa shape index (κ2) is 6.66. The number of hydrogen-bond acceptors (Lipinski definition) is 2. The van der Waals surface area contributed by atoms with Gasteiger partial charge >= 0.3 is 0 Å². The van der Waals surface area contributed by atoms with Gasteiger partial charge in [0.05, 0.1) is 6.20 Å². The third-order valence-electron chi connectivity index (χ3n) is 3.29. The van der Waals surface area contributed by atoms with Crippen LogP contribution in [0.15, 0.2) is 24.5 Å². The van der Waals surface area contributed by atoms with Crippen molar-refractivity contribution >= 4 is 0 Å². The molecule has 20 heavy (non-hydrogen) atoms. The number of benzene rings is 1. The van der Waals surface area contributed by atoms with Crippen LogP contribution in [0.4, 0.5) is 4.39 Å². The number of hydrogen-bond donors (Lipinski definition) is 1. The summed E-state index contributed by atoms with van der Waals surface area (Å²) in [6.45, 7) is 8.22. The Morgan fingerprint density at radius 1 is 1.15 bits per heavy atom. The second-order valence-corrected chi connectivity index (χ2v) is 5.26. The third-order valence-corrected chi connectivity index (χ3v) is 3.29. The summed E-state index contributed by atoms with van der Waals surface area (Å²) in [5.74, 6) is -0.102. The molecule has 0 aliphatic carbocycles. The van der Waals surface area contributed by atoms with Gasteiger partial charge in [-0.05, 0) is 37.0 Å². The average molecular weight is 275 g/mol. The Morgan fingerprint density at radius 3 is 2.45 bits per heavy atom. The van der Waals surface area contributed by atoms with Crippen LogP contribution in [0, 0.1) is 19.7 Å². The fraction of sp³-hybridized carbons (Fsp3) is 0.438. The highest BCUT2D eigenvalue weighted by molar-refractivity contribution is 5.30. The zero-order valence-corrected chi connectivity index (χ0v) is 12.4. The largest absolute Gasteiger partial charge is 0.309 e. The lowest BCUT2D eigenvalue weighted by Gasteiger charge is -2.07. The Morgan fingerprint density at radius 2 is 1.80 bits per heavy atom. The van der Waals surface area contributed by atoms with E-state index < -0.39 is 0 Å². The van der Waals surface area contributed by atoms with Crippen LogP contribution in [0.3, 0.4) is 0 Å². The van der Waals surface area contributed by atoms with Gasteiger partial charge in [0.2, 0.25) is 0 Å². The summed E-state index contributed by atoms with van der Waals surface area (Å²) in [5.41, 5.74) is 3.70. The average Bonchev–Trinajstić information content (AvgIpc) is 2.84. The quantitative estimate of drug-likeness (QED) is 0.876. The van der Waals surface area contributed by atoms with Gasteiger partial charge in [-0.2, -0.15) is 5.10 Å². The van der Waals surface area contributed by atoms with Crippen molar-refractivity contribution in [1.82, 2.24) is 15.1 Å². The Kier molecular flexibility index (Phi) is 4.90. The van der Waals surface area contributed by atoms with E-state index in [-0.39, 0.29) is 5.82 Å². The van der Waals surface area contributed by atoms with Gasteiger partial charge < -0.3 is 5.32 Å². The summed E-state index contributed by atoms with van der Waals surface area (Å²) in [6, 6.07) is 3.80. The predicted molar refractivity (Wildman–Crippen MR) is 78.9 cm³/mol. The molecule has 0 saturated heterocycles. The number of rotatable bonds is 6. The van der Waals surface area contributed by atoms with Crippen LogP contribution in [0.5, 0.6) is 0 Å². The van der Waals surface area contributed by atoms with E-state index in [1.165, 1.54) is 5.56 Å². The van der Waals surface area contributed by atoms with E-state index in [1.54, 1.807) is 13.8 Å². The molecule has 0 spiro atoms. The molecular weight excluding hydrogens is 253 g/mol. The van der Waals surface area contributed by atoms with E-state index in [9.17, 15) is 4.39 Å². The number of aryl methyl sites for hydroxylation is 3. The van der Waals surface area contributed by atoms with Gasteiger partial charge in [0.1, 0.15) is 5.82 Å². The molecule has 108 valence electrons. The van der Waals surface area contributed by atoms with Crippen LogP contribution in [-0.4, -0.2) is 9.78 Å². The van der Waals surface area contributed by atoms with Gasteiger partial charge in [-0.15, -0.1) is 0 Å². The van der Waals surface area contributed by atoms with Gasteiger partial charge in [0.25, 0.3) is 0 Å². The normalized spacial score (nSPS) is 11.0. The smallest absolute Gasteiger partial charge is 0.129 e. The molecule has 1 aromatic carbocycles. The van der Waals surface area contributed by atoms with E-state index in [1.807, 2.05) is 23.0 Å². The lowest BCUT2D eigenvalue weighted by atomic mass is 10.1. The molecule has 3 nitrogen and oxygen atoms in total. The van der Waals surface area contributed by atoms with E-state index in [0.29, 0.717) is 11.1 Å². The first-order chi connectivity index (χ1) is 9.60. The Labute approximate surface area is 119 Å². The highest BCUT2D eigenvalue weighted by Gasteiger charge is 2.04. The monoisotopic (exact) mass is 275 g/mol. The summed E-state index contributed by atoms with van der Waals surface area (Å²) in [5, 5.41) is 7.67. The maximum atomic E-state index is 13.5. The standard InChI is InChI=1S/C16H22FN3/c1-4-5-20-11-15(10-19-20)9-18-8-14-6-12(2)16(17)13(3)7-14/h6-7,10-11,18H,4-5,8-9H2,1-3H3.